The molecule has 2 nitrogen and oxygen atoms in total. The number of rotatable bonds is 33. The summed E-state index contributed by atoms with van der Waals surface area (Å²) in [5, 5.41) is 3.13. The molecule has 0 fully saturated rings. The zero-order valence-electron chi connectivity index (χ0n) is 27.6. The minimum Gasteiger partial charge on any atom is -0.389 e. The second-order valence-electron chi connectivity index (χ2n) is 12.5. The topological polar surface area (TPSA) is 15.0 Å². The number of hydrogen-bond donors (Lipinski definition) is 1. The average Bonchev–Trinajstić information content (AvgIpc) is 2.95. The Bertz CT molecular complexity index is 466. The summed E-state index contributed by atoms with van der Waals surface area (Å²) in [7, 11) is 1.97. The highest BCUT2D eigenvalue weighted by Gasteiger charge is 2.16. The number of nitrogens with one attached hydrogen (secondary N) is 1. The Balaban J connectivity index is 3.72. The van der Waals surface area contributed by atoms with E-state index in [0.29, 0.717) is 6.04 Å². The Morgan fingerprint density at radius 1 is 0.462 bits per heavy atom. The molecule has 0 heterocycles. The van der Waals surface area contributed by atoms with E-state index in [2.05, 4.69) is 36.7 Å². The van der Waals surface area contributed by atoms with Crippen molar-refractivity contribution in [3.63, 3.8) is 0 Å². The van der Waals surface area contributed by atoms with Gasteiger partial charge in [0, 0.05) is 19.9 Å². The van der Waals surface area contributed by atoms with Crippen molar-refractivity contribution >= 4 is 6.72 Å². The lowest BCUT2D eigenvalue weighted by atomic mass is 9.99. The third kappa shape index (κ3) is 30.0. The standard InChI is InChI=1S/C37H75N2/c1-5-7-9-11-13-15-17-19-21-23-25-27-29-31-33-37(39(4)36-35-38-3)34-32-30-28-26-24-22-20-18-16-14-12-10-8-6-2/h35-38H,4-34H2,1-3H3/q+1/b36-35-. The van der Waals surface area contributed by atoms with Gasteiger partial charge in [-0.2, -0.15) is 0 Å². The Kier molecular flexibility index (Phi) is 32.7. The molecule has 0 saturated carbocycles. The molecule has 0 radical (unpaired) electrons. The Morgan fingerprint density at radius 3 is 0.974 bits per heavy atom. The van der Waals surface area contributed by atoms with Gasteiger partial charge in [0.25, 0.3) is 0 Å². The van der Waals surface area contributed by atoms with Crippen LogP contribution in [-0.4, -0.2) is 24.4 Å². The maximum atomic E-state index is 4.35. The molecule has 0 aromatic rings. The SMILES string of the molecule is C=[N+](/C=C\NC)C(CCCCCCCCCCCCCCCC)CCCCCCCCCCCCCCCC. The maximum absolute atomic E-state index is 4.35. The zero-order valence-corrected chi connectivity index (χ0v) is 27.6. The van der Waals surface area contributed by atoms with Crippen molar-refractivity contribution in [1.82, 2.24) is 5.32 Å². The fourth-order valence-corrected chi connectivity index (χ4v) is 5.92. The van der Waals surface area contributed by atoms with E-state index in [9.17, 15) is 0 Å². The number of hydrogen-bond acceptors (Lipinski definition) is 1. The van der Waals surface area contributed by atoms with Gasteiger partial charge in [-0.3, -0.25) is 0 Å². The van der Waals surface area contributed by atoms with Crippen molar-refractivity contribution in [3.05, 3.63) is 12.4 Å². The first-order chi connectivity index (χ1) is 19.3. The number of unbranched alkanes of at least 4 members (excludes halogenated alkanes) is 26. The van der Waals surface area contributed by atoms with Gasteiger partial charge in [-0.25, -0.2) is 4.58 Å². The van der Waals surface area contributed by atoms with Crippen LogP contribution in [0, 0.1) is 0 Å². The van der Waals surface area contributed by atoms with E-state index < -0.39 is 0 Å². The summed E-state index contributed by atoms with van der Waals surface area (Å²) in [4.78, 5) is 0. The Morgan fingerprint density at radius 2 is 0.718 bits per heavy atom. The minimum absolute atomic E-state index is 0.601. The predicted octanol–water partition coefficient (Wildman–Crippen LogP) is 12.5. The van der Waals surface area contributed by atoms with Crippen LogP contribution >= 0.6 is 0 Å². The lowest BCUT2D eigenvalue weighted by Crippen LogP contribution is -2.21. The van der Waals surface area contributed by atoms with E-state index in [4.69, 9.17) is 0 Å². The summed E-state index contributed by atoms with van der Waals surface area (Å²) in [5.41, 5.74) is 0. The second-order valence-corrected chi connectivity index (χ2v) is 12.5. The van der Waals surface area contributed by atoms with Crippen molar-refractivity contribution in [3.8, 4) is 0 Å². The summed E-state index contributed by atoms with van der Waals surface area (Å²) in [6.07, 6.45) is 46.9. The van der Waals surface area contributed by atoms with Crippen LogP contribution in [0.5, 0.6) is 0 Å². The maximum Gasteiger partial charge on any atom is 0.184 e. The second kappa shape index (κ2) is 33.4. The van der Waals surface area contributed by atoms with Gasteiger partial charge in [-0.05, 0) is 12.8 Å². The molecule has 0 unspecified atom stereocenters. The Labute approximate surface area is 248 Å². The van der Waals surface area contributed by atoms with Crippen LogP contribution in [-0.2, 0) is 0 Å². The lowest BCUT2D eigenvalue weighted by Gasteiger charge is -2.13. The third-order valence-electron chi connectivity index (χ3n) is 8.68. The third-order valence-corrected chi connectivity index (χ3v) is 8.68. The highest BCUT2D eigenvalue weighted by molar-refractivity contribution is 5.15. The molecule has 0 rings (SSSR count). The molecule has 0 aliphatic carbocycles. The van der Waals surface area contributed by atoms with Gasteiger partial charge in [-0.1, -0.05) is 181 Å². The van der Waals surface area contributed by atoms with Crippen LogP contribution in [0.15, 0.2) is 12.4 Å². The minimum atomic E-state index is 0.601. The molecule has 232 valence electrons. The van der Waals surface area contributed by atoms with E-state index in [1.54, 1.807) is 0 Å². The van der Waals surface area contributed by atoms with Crippen molar-refractivity contribution in [2.75, 3.05) is 7.05 Å². The summed E-state index contributed by atoms with van der Waals surface area (Å²) in [6.45, 7) is 8.96. The van der Waals surface area contributed by atoms with Crippen molar-refractivity contribution in [2.24, 2.45) is 0 Å². The predicted molar refractivity (Wildman–Crippen MR) is 179 cm³/mol. The monoisotopic (exact) mass is 548 g/mol. The molecule has 0 aromatic heterocycles. The quantitative estimate of drug-likeness (QED) is 0.0490. The Hall–Kier alpha value is -0.790. The van der Waals surface area contributed by atoms with Gasteiger partial charge < -0.3 is 5.32 Å². The average molecular weight is 548 g/mol. The molecule has 0 aliphatic heterocycles. The van der Waals surface area contributed by atoms with E-state index in [1.165, 1.54) is 193 Å². The summed E-state index contributed by atoms with van der Waals surface area (Å²) < 4.78 is 2.22. The molecule has 0 spiro atoms. The summed E-state index contributed by atoms with van der Waals surface area (Å²) in [5.74, 6) is 0. The molecule has 1 N–H and O–H groups in total. The van der Waals surface area contributed by atoms with Crippen LogP contribution in [0.2, 0.25) is 0 Å². The lowest BCUT2D eigenvalue weighted by molar-refractivity contribution is -0.495. The van der Waals surface area contributed by atoms with Crippen LogP contribution in [0.25, 0.3) is 0 Å². The van der Waals surface area contributed by atoms with E-state index in [1.807, 2.05) is 13.2 Å². The van der Waals surface area contributed by atoms with Gasteiger partial charge in [0.15, 0.2) is 12.2 Å². The van der Waals surface area contributed by atoms with Gasteiger partial charge in [0.05, 0.1) is 6.20 Å². The normalized spacial score (nSPS) is 11.7. The first-order valence-corrected chi connectivity index (χ1v) is 18.2. The molecule has 0 amide bonds. The molecular formula is C37H75N2+. The van der Waals surface area contributed by atoms with Crippen LogP contribution in [0.3, 0.4) is 0 Å². The molecule has 0 aromatic carbocycles. The molecule has 2 heteroatoms. The fraction of sp³-hybridized carbons (Fsp3) is 0.919. The van der Waals surface area contributed by atoms with E-state index in [-0.39, 0.29) is 0 Å². The van der Waals surface area contributed by atoms with Crippen molar-refractivity contribution in [1.29, 1.82) is 0 Å². The molecule has 0 aliphatic rings. The largest absolute Gasteiger partial charge is 0.389 e. The molecule has 0 bridgehead atoms. The summed E-state index contributed by atoms with van der Waals surface area (Å²) >= 11 is 0. The van der Waals surface area contributed by atoms with Crippen molar-refractivity contribution in [2.45, 2.75) is 213 Å². The van der Waals surface area contributed by atoms with Crippen LogP contribution < -0.4 is 5.32 Å². The molecular weight excluding hydrogens is 472 g/mol. The van der Waals surface area contributed by atoms with Gasteiger partial charge >= 0.3 is 0 Å². The highest BCUT2D eigenvalue weighted by atomic mass is 15.0. The van der Waals surface area contributed by atoms with Gasteiger partial charge in [-0.15, -0.1) is 0 Å². The van der Waals surface area contributed by atoms with Gasteiger partial charge in [0.1, 0.15) is 6.72 Å². The highest BCUT2D eigenvalue weighted by Crippen LogP contribution is 2.18. The van der Waals surface area contributed by atoms with Crippen LogP contribution in [0.1, 0.15) is 206 Å². The van der Waals surface area contributed by atoms with E-state index in [0.717, 1.165) is 0 Å². The first-order valence-electron chi connectivity index (χ1n) is 18.2. The van der Waals surface area contributed by atoms with Crippen LogP contribution in [0.4, 0.5) is 0 Å². The van der Waals surface area contributed by atoms with E-state index >= 15 is 0 Å². The molecule has 0 saturated heterocycles. The summed E-state index contributed by atoms with van der Waals surface area (Å²) in [6, 6.07) is 0.601. The first kappa shape index (κ1) is 38.2. The zero-order chi connectivity index (χ0) is 28.5. The van der Waals surface area contributed by atoms with Crippen molar-refractivity contribution < 1.29 is 4.58 Å². The smallest absolute Gasteiger partial charge is 0.184 e. The fourth-order valence-electron chi connectivity index (χ4n) is 5.92. The number of nitrogens with zero attached hydrogens (tertiary/aromatic N) is 1. The molecule has 0 atom stereocenters. The molecule has 39 heavy (non-hydrogen) atoms. The van der Waals surface area contributed by atoms with Gasteiger partial charge in [0.2, 0.25) is 0 Å².